The Hall–Kier alpha value is -1.37. The molecular formula is C13H17NO2. The van der Waals surface area contributed by atoms with E-state index >= 15 is 0 Å². The fourth-order valence-electron chi connectivity index (χ4n) is 1.87. The van der Waals surface area contributed by atoms with Gasteiger partial charge in [-0.3, -0.25) is 0 Å². The molecule has 0 aliphatic carbocycles. The molecule has 0 aliphatic heterocycles. The summed E-state index contributed by atoms with van der Waals surface area (Å²) in [6, 6.07) is 11.5. The summed E-state index contributed by atoms with van der Waals surface area (Å²) in [5.74, 6) is -0.478. The van der Waals surface area contributed by atoms with E-state index in [-0.39, 0.29) is 13.2 Å². The van der Waals surface area contributed by atoms with Crippen LogP contribution in [0.2, 0.25) is 0 Å². The van der Waals surface area contributed by atoms with Crippen molar-refractivity contribution in [2.24, 2.45) is 5.41 Å². The Morgan fingerprint density at radius 1 is 1.25 bits per heavy atom. The number of benzene rings is 1. The maximum absolute atomic E-state index is 9.43. The van der Waals surface area contributed by atoms with Crippen LogP contribution in [0.5, 0.6) is 0 Å². The van der Waals surface area contributed by atoms with E-state index in [0.717, 1.165) is 5.56 Å². The molecule has 3 nitrogen and oxygen atoms in total. The van der Waals surface area contributed by atoms with Crippen LogP contribution in [0, 0.1) is 16.7 Å². The van der Waals surface area contributed by atoms with Crippen LogP contribution >= 0.6 is 0 Å². The number of nitrogens with zero attached hydrogens (tertiary/aromatic N) is 1. The van der Waals surface area contributed by atoms with Gasteiger partial charge in [0.05, 0.1) is 25.2 Å². The van der Waals surface area contributed by atoms with Gasteiger partial charge in [-0.05, 0) is 12.0 Å². The zero-order valence-electron chi connectivity index (χ0n) is 9.43. The van der Waals surface area contributed by atoms with Gasteiger partial charge in [-0.1, -0.05) is 37.3 Å². The van der Waals surface area contributed by atoms with Crippen molar-refractivity contribution in [3.05, 3.63) is 35.9 Å². The topological polar surface area (TPSA) is 64.2 Å². The highest BCUT2D eigenvalue weighted by Gasteiger charge is 2.37. The molecule has 0 fully saturated rings. The van der Waals surface area contributed by atoms with E-state index in [2.05, 4.69) is 6.07 Å². The third-order valence-corrected chi connectivity index (χ3v) is 3.21. The Morgan fingerprint density at radius 2 is 1.81 bits per heavy atom. The average molecular weight is 219 g/mol. The van der Waals surface area contributed by atoms with Crippen LogP contribution in [0.1, 0.15) is 24.8 Å². The molecule has 0 bridgehead atoms. The minimum atomic E-state index is -0.754. The SMILES string of the molecule is CCC(CO)(CO)C(C#N)c1ccccc1. The van der Waals surface area contributed by atoms with E-state index in [9.17, 15) is 15.5 Å². The summed E-state index contributed by atoms with van der Waals surface area (Å²) < 4.78 is 0. The second-order valence-corrected chi connectivity index (χ2v) is 4.00. The first-order valence-corrected chi connectivity index (χ1v) is 5.40. The maximum atomic E-state index is 9.43. The zero-order valence-corrected chi connectivity index (χ0v) is 9.43. The highest BCUT2D eigenvalue weighted by molar-refractivity contribution is 5.28. The fraction of sp³-hybridized carbons (Fsp3) is 0.462. The Morgan fingerprint density at radius 3 is 2.19 bits per heavy atom. The number of aliphatic hydroxyl groups is 2. The lowest BCUT2D eigenvalue weighted by Gasteiger charge is -2.33. The van der Waals surface area contributed by atoms with Crippen molar-refractivity contribution in [2.45, 2.75) is 19.3 Å². The summed E-state index contributed by atoms with van der Waals surface area (Å²) in [5, 5.41) is 28.1. The molecule has 0 amide bonds. The first-order valence-electron chi connectivity index (χ1n) is 5.40. The fourth-order valence-corrected chi connectivity index (χ4v) is 1.87. The van der Waals surface area contributed by atoms with Crippen molar-refractivity contribution in [3.8, 4) is 6.07 Å². The molecule has 1 unspecified atom stereocenters. The highest BCUT2D eigenvalue weighted by atomic mass is 16.3. The standard InChI is InChI=1S/C13H17NO2/c1-2-13(9-15,10-16)12(8-14)11-6-4-3-5-7-11/h3-7,12,15-16H,2,9-10H2,1H3. The van der Waals surface area contributed by atoms with Gasteiger partial charge in [-0.15, -0.1) is 0 Å². The van der Waals surface area contributed by atoms with Crippen LogP contribution in [-0.4, -0.2) is 23.4 Å². The van der Waals surface area contributed by atoms with Crippen molar-refractivity contribution in [3.63, 3.8) is 0 Å². The summed E-state index contributed by atoms with van der Waals surface area (Å²) in [5.41, 5.74) is 0.0887. The lowest BCUT2D eigenvalue weighted by atomic mass is 9.72. The number of aliphatic hydroxyl groups excluding tert-OH is 2. The number of rotatable bonds is 5. The van der Waals surface area contributed by atoms with Crippen LogP contribution in [0.15, 0.2) is 30.3 Å². The molecular weight excluding hydrogens is 202 g/mol. The van der Waals surface area contributed by atoms with Crippen LogP contribution < -0.4 is 0 Å². The van der Waals surface area contributed by atoms with Gasteiger partial charge in [-0.2, -0.15) is 5.26 Å². The van der Waals surface area contributed by atoms with Gasteiger partial charge in [-0.25, -0.2) is 0 Å². The van der Waals surface area contributed by atoms with Crippen LogP contribution in [-0.2, 0) is 0 Å². The second-order valence-electron chi connectivity index (χ2n) is 4.00. The van der Waals surface area contributed by atoms with Crippen LogP contribution in [0.25, 0.3) is 0 Å². The Bertz CT molecular complexity index is 344. The summed E-state index contributed by atoms with van der Waals surface area (Å²) in [4.78, 5) is 0. The predicted octanol–water partition coefficient (Wildman–Crippen LogP) is 1.67. The van der Waals surface area contributed by atoms with Gasteiger partial charge in [0.15, 0.2) is 0 Å². The molecule has 86 valence electrons. The van der Waals surface area contributed by atoms with Gasteiger partial charge >= 0.3 is 0 Å². The van der Waals surface area contributed by atoms with E-state index in [1.165, 1.54) is 0 Å². The number of hydrogen-bond donors (Lipinski definition) is 2. The molecule has 1 aromatic carbocycles. The quantitative estimate of drug-likeness (QED) is 0.791. The summed E-state index contributed by atoms with van der Waals surface area (Å²) in [6.45, 7) is 1.50. The third kappa shape index (κ3) is 2.24. The maximum Gasteiger partial charge on any atom is 0.0812 e. The molecule has 0 spiro atoms. The van der Waals surface area contributed by atoms with Gasteiger partial charge in [0, 0.05) is 5.41 Å². The Kier molecular flexibility index (Phi) is 4.48. The second kappa shape index (κ2) is 5.64. The molecule has 0 heterocycles. The zero-order chi connectivity index (χ0) is 12.0. The molecule has 0 saturated carbocycles. The Labute approximate surface area is 96.0 Å². The lowest BCUT2D eigenvalue weighted by Crippen LogP contribution is -2.35. The monoisotopic (exact) mass is 219 g/mol. The van der Waals surface area contributed by atoms with Crippen LogP contribution in [0.3, 0.4) is 0 Å². The predicted molar refractivity (Wildman–Crippen MR) is 61.7 cm³/mol. The van der Waals surface area contributed by atoms with E-state index in [4.69, 9.17) is 0 Å². The highest BCUT2D eigenvalue weighted by Crippen LogP contribution is 2.37. The van der Waals surface area contributed by atoms with E-state index < -0.39 is 11.3 Å². The van der Waals surface area contributed by atoms with Crippen molar-refractivity contribution in [1.82, 2.24) is 0 Å². The van der Waals surface area contributed by atoms with Gasteiger partial charge < -0.3 is 10.2 Å². The summed E-state index contributed by atoms with van der Waals surface area (Å²) in [7, 11) is 0. The van der Waals surface area contributed by atoms with Crippen molar-refractivity contribution in [2.75, 3.05) is 13.2 Å². The van der Waals surface area contributed by atoms with Crippen molar-refractivity contribution in [1.29, 1.82) is 5.26 Å². The van der Waals surface area contributed by atoms with Gasteiger partial charge in [0.25, 0.3) is 0 Å². The molecule has 0 aliphatic rings. The molecule has 3 heteroatoms. The van der Waals surface area contributed by atoms with Crippen molar-refractivity contribution < 1.29 is 10.2 Å². The summed E-state index contributed by atoms with van der Waals surface area (Å²) >= 11 is 0. The van der Waals surface area contributed by atoms with Crippen LogP contribution in [0.4, 0.5) is 0 Å². The normalized spacial score (nSPS) is 13.1. The minimum Gasteiger partial charge on any atom is -0.396 e. The molecule has 0 saturated heterocycles. The van der Waals surface area contributed by atoms with E-state index in [1.54, 1.807) is 0 Å². The largest absolute Gasteiger partial charge is 0.396 e. The molecule has 0 aromatic heterocycles. The van der Waals surface area contributed by atoms with E-state index in [0.29, 0.717) is 6.42 Å². The number of nitriles is 1. The summed E-state index contributed by atoms with van der Waals surface area (Å²) in [6.07, 6.45) is 0.563. The smallest absolute Gasteiger partial charge is 0.0812 e. The molecule has 16 heavy (non-hydrogen) atoms. The average Bonchev–Trinajstić information content (AvgIpc) is 2.37. The first-order chi connectivity index (χ1) is 7.74. The van der Waals surface area contributed by atoms with Gasteiger partial charge in [0.2, 0.25) is 0 Å². The molecule has 0 radical (unpaired) electrons. The third-order valence-electron chi connectivity index (χ3n) is 3.21. The molecule has 1 rings (SSSR count). The minimum absolute atomic E-state index is 0.187. The van der Waals surface area contributed by atoms with E-state index in [1.807, 2.05) is 37.3 Å². The van der Waals surface area contributed by atoms with Gasteiger partial charge in [0.1, 0.15) is 0 Å². The molecule has 2 N–H and O–H groups in total. The molecule has 1 aromatic rings. The first kappa shape index (κ1) is 12.7. The van der Waals surface area contributed by atoms with Crippen molar-refractivity contribution >= 4 is 0 Å². The lowest BCUT2D eigenvalue weighted by molar-refractivity contribution is 0.0409. The molecule has 1 atom stereocenters. The number of hydrogen-bond acceptors (Lipinski definition) is 3. The Balaban J connectivity index is 3.11.